The lowest BCUT2D eigenvalue weighted by atomic mass is 9.95. The predicted molar refractivity (Wildman–Crippen MR) is 115 cm³/mol. The first-order chi connectivity index (χ1) is 14.9. The van der Waals surface area contributed by atoms with Gasteiger partial charge in [-0.1, -0.05) is 31.1 Å². The third-order valence-electron chi connectivity index (χ3n) is 5.63. The molecule has 0 bridgehead atoms. The number of hydrogen-bond acceptors (Lipinski definition) is 6. The van der Waals surface area contributed by atoms with Crippen molar-refractivity contribution in [1.82, 2.24) is 15.0 Å². The van der Waals surface area contributed by atoms with Crippen molar-refractivity contribution in [3.8, 4) is 11.5 Å². The lowest BCUT2D eigenvalue weighted by molar-refractivity contribution is -0.121. The van der Waals surface area contributed by atoms with Gasteiger partial charge in [-0.25, -0.2) is 0 Å². The first kappa shape index (κ1) is 20.8. The van der Waals surface area contributed by atoms with Gasteiger partial charge in [0, 0.05) is 24.9 Å². The molecule has 3 aromatic rings. The van der Waals surface area contributed by atoms with Crippen molar-refractivity contribution in [3.05, 3.63) is 53.7 Å². The Morgan fingerprint density at radius 1 is 1.19 bits per heavy atom. The van der Waals surface area contributed by atoms with Gasteiger partial charge in [0.15, 0.2) is 5.82 Å². The van der Waals surface area contributed by atoms with Crippen molar-refractivity contribution in [2.75, 3.05) is 18.4 Å². The lowest BCUT2D eigenvalue weighted by Crippen LogP contribution is -2.41. The first-order valence-corrected chi connectivity index (χ1v) is 10.5. The van der Waals surface area contributed by atoms with Crippen LogP contribution in [0.4, 0.5) is 5.69 Å². The molecule has 1 aliphatic heterocycles. The summed E-state index contributed by atoms with van der Waals surface area (Å²) in [5.74, 6) is 0.873. The highest BCUT2D eigenvalue weighted by Crippen LogP contribution is 2.32. The summed E-state index contributed by atoms with van der Waals surface area (Å²) < 4.78 is 10.4. The summed E-state index contributed by atoms with van der Waals surface area (Å²) in [5, 5.41) is 7.11. The molecule has 2 amide bonds. The van der Waals surface area contributed by atoms with E-state index in [1.807, 2.05) is 39.0 Å². The minimum Gasteiger partial charge on any atom is -0.472 e. The number of anilines is 1. The number of aryl methyl sites for hydroxylation is 1. The second-order valence-corrected chi connectivity index (χ2v) is 8.18. The van der Waals surface area contributed by atoms with Crippen LogP contribution in [-0.2, 0) is 4.79 Å². The molecule has 0 unspecified atom stereocenters. The highest BCUT2D eigenvalue weighted by atomic mass is 16.5. The Bertz CT molecular complexity index is 1060. The molecule has 31 heavy (non-hydrogen) atoms. The maximum Gasteiger partial charge on any atom is 0.260 e. The summed E-state index contributed by atoms with van der Waals surface area (Å²) in [5.41, 5.74) is 2.85. The van der Waals surface area contributed by atoms with Crippen LogP contribution >= 0.6 is 0 Å². The van der Waals surface area contributed by atoms with Crippen LogP contribution < -0.4 is 5.32 Å². The minimum absolute atomic E-state index is 0.0606. The van der Waals surface area contributed by atoms with Crippen LogP contribution in [0.1, 0.15) is 54.4 Å². The van der Waals surface area contributed by atoms with E-state index in [1.165, 1.54) is 12.5 Å². The third kappa shape index (κ3) is 4.38. The molecular formula is C23H26N4O4. The Kier molecular flexibility index (Phi) is 5.88. The van der Waals surface area contributed by atoms with Gasteiger partial charge in [0.25, 0.3) is 11.8 Å². The number of carbonyl (C=O) groups is 2. The molecule has 4 rings (SSSR count). The molecule has 3 heterocycles. The number of hydrogen-bond donors (Lipinski definition) is 1. The van der Waals surface area contributed by atoms with E-state index < -0.39 is 0 Å². The van der Waals surface area contributed by atoms with Crippen molar-refractivity contribution < 1.29 is 18.5 Å². The van der Waals surface area contributed by atoms with Gasteiger partial charge >= 0.3 is 0 Å². The monoisotopic (exact) mass is 422 g/mol. The number of aromatic nitrogens is 2. The van der Waals surface area contributed by atoms with Gasteiger partial charge in [-0.3, -0.25) is 9.59 Å². The van der Waals surface area contributed by atoms with Crippen LogP contribution in [0.15, 0.2) is 45.7 Å². The second kappa shape index (κ2) is 8.75. The number of para-hydroxylation sites is 1. The second-order valence-electron chi connectivity index (χ2n) is 8.18. The molecule has 0 spiro atoms. The number of nitrogens with one attached hydrogen (secondary N) is 1. The van der Waals surface area contributed by atoms with E-state index in [4.69, 9.17) is 8.94 Å². The normalized spacial score (nSPS) is 14.8. The van der Waals surface area contributed by atoms with Crippen molar-refractivity contribution in [2.24, 2.45) is 5.92 Å². The molecule has 0 saturated carbocycles. The van der Waals surface area contributed by atoms with Crippen molar-refractivity contribution >= 4 is 17.5 Å². The predicted octanol–water partition coefficient (Wildman–Crippen LogP) is 4.25. The fraction of sp³-hybridized carbons (Fsp3) is 0.391. The number of nitrogens with zero attached hydrogens (tertiary/aromatic N) is 3. The summed E-state index contributed by atoms with van der Waals surface area (Å²) >= 11 is 0. The van der Waals surface area contributed by atoms with E-state index in [9.17, 15) is 9.59 Å². The first-order valence-electron chi connectivity index (χ1n) is 10.5. The van der Waals surface area contributed by atoms with E-state index in [-0.39, 0.29) is 23.7 Å². The Balaban J connectivity index is 1.45. The van der Waals surface area contributed by atoms with Gasteiger partial charge in [0.2, 0.25) is 5.91 Å². The van der Waals surface area contributed by atoms with Gasteiger partial charge in [0.05, 0.1) is 23.1 Å². The van der Waals surface area contributed by atoms with Crippen LogP contribution in [0.2, 0.25) is 0 Å². The van der Waals surface area contributed by atoms with E-state index in [0.29, 0.717) is 54.5 Å². The van der Waals surface area contributed by atoms with Crippen LogP contribution in [0.25, 0.3) is 11.5 Å². The SMILES string of the molecule is Cc1cccc(-c2nc(C(C)C)no2)c1NC(=O)C1CCN(C(=O)c2ccoc2)CC1. The molecule has 2 aromatic heterocycles. The zero-order valence-electron chi connectivity index (χ0n) is 17.9. The molecule has 1 aromatic carbocycles. The number of likely N-dealkylation sites (tertiary alicyclic amines) is 1. The highest BCUT2D eigenvalue weighted by molar-refractivity contribution is 5.97. The fourth-order valence-electron chi connectivity index (χ4n) is 3.73. The zero-order valence-corrected chi connectivity index (χ0v) is 17.9. The van der Waals surface area contributed by atoms with Crippen LogP contribution in [0, 0.1) is 12.8 Å². The number of furan rings is 1. The van der Waals surface area contributed by atoms with E-state index in [2.05, 4.69) is 15.5 Å². The maximum atomic E-state index is 13.0. The smallest absolute Gasteiger partial charge is 0.260 e. The fourth-order valence-corrected chi connectivity index (χ4v) is 3.73. The average Bonchev–Trinajstić information content (AvgIpc) is 3.47. The Hall–Kier alpha value is -3.42. The standard InChI is InChI=1S/C23H26N4O4/c1-14(2)20-25-22(31-26-20)18-6-4-5-15(3)19(18)24-21(28)16-7-10-27(11-8-16)23(29)17-9-12-30-13-17/h4-6,9,12-14,16H,7-8,10-11H2,1-3H3,(H,24,28). The van der Waals surface area contributed by atoms with E-state index >= 15 is 0 Å². The van der Waals surface area contributed by atoms with Crippen LogP contribution in [0.5, 0.6) is 0 Å². The molecule has 0 aliphatic carbocycles. The molecular weight excluding hydrogens is 396 g/mol. The number of piperidine rings is 1. The summed E-state index contributed by atoms with van der Waals surface area (Å²) in [6.45, 7) is 6.99. The van der Waals surface area contributed by atoms with E-state index in [1.54, 1.807) is 11.0 Å². The molecule has 1 aliphatic rings. The highest BCUT2D eigenvalue weighted by Gasteiger charge is 2.29. The van der Waals surface area contributed by atoms with E-state index in [0.717, 1.165) is 5.56 Å². The molecule has 0 radical (unpaired) electrons. The van der Waals surface area contributed by atoms with Gasteiger partial charge < -0.3 is 19.2 Å². The molecule has 8 nitrogen and oxygen atoms in total. The third-order valence-corrected chi connectivity index (χ3v) is 5.63. The average molecular weight is 422 g/mol. The van der Waals surface area contributed by atoms with Crippen molar-refractivity contribution in [2.45, 2.75) is 39.5 Å². The number of rotatable bonds is 5. The Labute approximate surface area is 180 Å². The summed E-state index contributed by atoms with van der Waals surface area (Å²) in [6, 6.07) is 7.36. The van der Waals surface area contributed by atoms with Crippen molar-refractivity contribution in [3.63, 3.8) is 0 Å². The van der Waals surface area contributed by atoms with Gasteiger partial charge in [-0.05, 0) is 37.5 Å². The van der Waals surface area contributed by atoms with Gasteiger partial charge in [-0.2, -0.15) is 4.98 Å². The lowest BCUT2D eigenvalue weighted by Gasteiger charge is -2.31. The van der Waals surface area contributed by atoms with Crippen LogP contribution in [0.3, 0.4) is 0 Å². The van der Waals surface area contributed by atoms with Crippen molar-refractivity contribution in [1.29, 1.82) is 0 Å². The molecule has 1 fully saturated rings. The topological polar surface area (TPSA) is 101 Å². The number of carbonyl (C=O) groups excluding carboxylic acids is 2. The molecule has 0 atom stereocenters. The quantitative estimate of drug-likeness (QED) is 0.659. The van der Waals surface area contributed by atoms with Gasteiger partial charge in [-0.15, -0.1) is 0 Å². The van der Waals surface area contributed by atoms with Gasteiger partial charge in [0.1, 0.15) is 6.26 Å². The summed E-state index contributed by atoms with van der Waals surface area (Å²) in [4.78, 5) is 31.7. The maximum absolute atomic E-state index is 13.0. The van der Waals surface area contributed by atoms with Crippen LogP contribution in [-0.4, -0.2) is 39.9 Å². The summed E-state index contributed by atoms with van der Waals surface area (Å²) in [6.07, 6.45) is 4.15. The minimum atomic E-state index is -0.172. The number of amides is 2. The summed E-state index contributed by atoms with van der Waals surface area (Å²) in [7, 11) is 0. The molecule has 162 valence electrons. The Morgan fingerprint density at radius 3 is 2.61 bits per heavy atom. The molecule has 1 saturated heterocycles. The zero-order chi connectivity index (χ0) is 22.0. The molecule has 8 heteroatoms. The largest absolute Gasteiger partial charge is 0.472 e. The molecule has 1 N–H and O–H groups in total. The number of benzene rings is 1. The Morgan fingerprint density at radius 2 is 1.97 bits per heavy atom.